The van der Waals surface area contributed by atoms with Crippen molar-refractivity contribution in [2.45, 2.75) is 13.8 Å². The lowest BCUT2D eigenvalue weighted by atomic mass is 9.99. The molecule has 4 nitrogen and oxygen atoms in total. The van der Waals surface area contributed by atoms with E-state index in [0.29, 0.717) is 0 Å². The van der Waals surface area contributed by atoms with Crippen molar-refractivity contribution in [3.63, 3.8) is 0 Å². The molecule has 1 aliphatic carbocycles. The lowest BCUT2D eigenvalue weighted by molar-refractivity contribution is -0.160. The summed E-state index contributed by atoms with van der Waals surface area (Å²) in [6.45, 7) is 3.45. The van der Waals surface area contributed by atoms with Crippen LogP contribution in [-0.4, -0.2) is 26.2 Å². The maximum atomic E-state index is 11.4. The standard InChI is InChI=1S/C9H12O4/c1-5-6(2)9(5,7(10)12-3)8(11)13-4/h1-4H3. The van der Waals surface area contributed by atoms with Crippen molar-refractivity contribution in [1.29, 1.82) is 0 Å². The fraction of sp³-hybridized carbons (Fsp3) is 0.556. The van der Waals surface area contributed by atoms with E-state index in [9.17, 15) is 9.59 Å². The van der Waals surface area contributed by atoms with Crippen LogP contribution in [0.4, 0.5) is 0 Å². The second-order valence-electron chi connectivity index (χ2n) is 2.98. The van der Waals surface area contributed by atoms with Gasteiger partial charge in [0.25, 0.3) is 0 Å². The first-order chi connectivity index (χ1) is 6.03. The molecule has 1 rings (SSSR count). The summed E-state index contributed by atoms with van der Waals surface area (Å²) < 4.78 is 9.12. The van der Waals surface area contributed by atoms with E-state index in [2.05, 4.69) is 9.47 Å². The van der Waals surface area contributed by atoms with Gasteiger partial charge >= 0.3 is 11.9 Å². The molecule has 13 heavy (non-hydrogen) atoms. The summed E-state index contributed by atoms with van der Waals surface area (Å²) in [5, 5.41) is 0. The molecule has 0 aromatic heterocycles. The molecule has 0 bridgehead atoms. The Balaban J connectivity index is 2.96. The zero-order valence-corrected chi connectivity index (χ0v) is 8.13. The minimum atomic E-state index is -1.20. The molecule has 0 saturated carbocycles. The molecule has 0 heterocycles. The molecule has 0 fully saturated rings. The average Bonchev–Trinajstić information content (AvgIpc) is 2.69. The molecule has 0 amide bonds. The van der Waals surface area contributed by atoms with E-state index in [1.165, 1.54) is 14.2 Å². The van der Waals surface area contributed by atoms with Crippen LogP contribution < -0.4 is 0 Å². The maximum absolute atomic E-state index is 11.4. The van der Waals surface area contributed by atoms with Gasteiger partial charge in [0.2, 0.25) is 5.41 Å². The number of ether oxygens (including phenoxy) is 2. The minimum absolute atomic E-state index is 0.561. The largest absolute Gasteiger partial charge is 0.468 e. The summed E-state index contributed by atoms with van der Waals surface area (Å²) in [4.78, 5) is 22.7. The van der Waals surface area contributed by atoms with Crippen LogP contribution in [0.25, 0.3) is 0 Å². The summed E-state index contributed by atoms with van der Waals surface area (Å²) in [5.41, 5.74) is 0.251. The number of methoxy groups -OCH3 is 2. The first-order valence-corrected chi connectivity index (χ1v) is 3.88. The highest BCUT2D eigenvalue weighted by Crippen LogP contribution is 2.53. The zero-order chi connectivity index (χ0) is 10.2. The molecular formula is C9H12O4. The topological polar surface area (TPSA) is 52.6 Å². The molecule has 0 saturated heterocycles. The monoisotopic (exact) mass is 184 g/mol. The molecule has 0 aromatic rings. The van der Waals surface area contributed by atoms with Crippen LogP contribution >= 0.6 is 0 Å². The average molecular weight is 184 g/mol. The van der Waals surface area contributed by atoms with Crippen LogP contribution in [0.15, 0.2) is 11.1 Å². The van der Waals surface area contributed by atoms with Gasteiger partial charge in [-0.15, -0.1) is 0 Å². The molecule has 0 N–H and O–H groups in total. The Kier molecular flexibility index (Phi) is 2.15. The van der Waals surface area contributed by atoms with E-state index < -0.39 is 17.4 Å². The van der Waals surface area contributed by atoms with E-state index >= 15 is 0 Å². The first-order valence-electron chi connectivity index (χ1n) is 3.88. The zero-order valence-electron chi connectivity index (χ0n) is 8.13. The number of carbonyl (C=O) groups is 2. The Hall–Kier alpha value is -1.32. The van der Waals surface area contributed by atoms with E-state index in [1.807, 2.05) is 0 Å². The van der Waals surface area contributed by atoms with Gasteiger partial charge in [-0.2, -0.15) is 0 Å². The molecule has 0 aliphatic heterocycles. The summed E-state index contributed by atoms with van der Waals surface area (Å²) in [5.74, 6) is -1.12. The van der Waals surface area contributed by atoms with Crippen LogP contribution in [0.1, 0.15) is 13.8 Å². The van der Waals surface area contributed by atoms with Gasteiger partial charge in [0, 0.05) is 0 Å². The lowest BCUT2D eigenvalue weighted by Crippen LogP contribution is -2.32. The number of esters is 2. The van der Waals surface area contributed by atoms with Crippen molar-refractivity contribution in [3.05, 3.63) is 11.1 Å². The highest BCUT2D eigenvalue weighted by Gasteiger charge is 2.63. The van der Waals surface area contributed by atoms with Gasteiger partial charge in [0.05, 0.1) is 14.2 Å². The quantitative estimate of drug-likeness (QED) is 0.359. The number of hydrogen-bond donors (Lipinski definition) is 0. The van der Waals surface area contributed by atoms with E-state index in [1.54, 1.807) is 13.8 Å². The Bertz CT molecular complexity index is 271. The maximum Gasteiger partial charge on any atom is 0.331 e. The minimum Gasteiger partial charge on any atom is -0.468 e. The summed E-state index contributed by atoms with van der Waals surface area (Å²) in [6, 6.07) is 0. The smallest absolute Gasteiger partial charge is 0.331 e. The second kappa shape index (κ2) is 2.87. The Morgan fingerprint density at radius 2 is 1.31 bits per heavy atom. The molecule has 1 aliphatic rings. The lowest BCUT2D eigenvalue weighted by Gasteiger charge is -2.13. The third-order valence-corrected chi connectivity index (χ3v) is 2.61. The van der Waals surface area contributed by atoms with Gasteiger partial charge in [0.15, 0.2) is 0 Å². The highest BCUT2D eigenvalue weighted by molar-refractivity contribution is 6.12. The fourth-order valence-corrected chi connectivity index (χ4v) is 1.56. The summed E-state index contributed by atoms with van der Waals surface area (Å²) >= 11 is 0. The molecule has 4 heteroatoms. The van der Waals surface area contributed by atoms with Crippen LogP contribution in [0.3, 0.4) is 0 Å². The predicted octanol–water partition coefficient (Wildman–Crippen LogP) is 0.669. The summed E-state index contributed by atoms with van der Waals surface area (Å²) in [6.07, 6.45) is 0. The van der Waals surface area contributed by atoms with E-state index in [-0.39, 0.29) is 0 Å². The van der Waals surface area contributed by atoms with Gasteiger partial charge in [-0.25, -0.2) is 0 Å². The predicted molar refractivity (Wildman–Crippen MR) is 44.8 cm³/mol. The van der Waals surface area contributed by atoms with Crippen molar-refractivity contribution >= 4 is 11.9 Å². The van der Waals surface area contributed by atoms with E-state index in [4.69, 9.17) is 0 Å². The fourth-order valence-electron chi connectivity index (χ4n) is 1.56. The third kappa shape index (κ3) is 0.978. The third-order valence-electron chi connectivity index (χ3n) is 2.61. The molecule has 0 radical (unpaired) electrons. The van der Waals surface area contributed by atoms with Gasteiger partial charge < -0.3 is 9.47 Å². The van der Waals surface area contributed by atoms with Crippen molar-refractivity contribution in [2.75, 3.05) is 14.2 Å². The Morgan fingerprint density at radius 1 is 1.00 bits per heavy atom. The molecule has 0 aromatic carbocycles. The Labute approximate surface area is 76.5 Å². The normalized spacial score (nSPS) is 18.2. The SMILES string of the molecule is COC(=O)C1(C(=O)OC)C(C)=C1C. The van der Waals surface area contributed by atoms with Crippen LogP contribution in [0.5, 0.6) is 0 Å². The molecule has 0 spiro atoms. The van der Waals surface area contributed by atoms with Crippen molar-refractivity contribution in [2.24, 2.45) is 5.41 Å². The molecule has 72 valence electrons. The first kappa shape index (κ1) is 9.77. The van der Waals surface area contributed by atoms with Gasteiger partial charge in [-0.3, -0.25) is 9.59 Å². The van der Waals surface area contributed by atoms with Crippen LogP contribution in [0.2, 0.25) is 0 Å². The summed E-state index contributed by atoms with van der Waals surface area (Å²) in [7, 11) is 2.51. The number of carbonyl (C=O) groups excluding carboxylic acids is 2. The van der Waals surface area contributed by atoms with Crippen LogP contribution in [0, 0.1) is 5.41 Å². The van der Waals surface area contributed by atoms with E-state index in [0.717, 1.165) is 11.1 Å². The van der Waals surface area contributed by atoms with Crippen molar-refractivity contribution in [1.82, 2.24) is 0 Å². The van der Waals surface area contributed by atoms with Gasteiger partial charge in [-0.1, -0.05) is 0 Å². The Morgan fingerprint density at radius 3 is 1.46 bits per heavy atom. The van der Waals surface area contributed by atoms with Gasteiger partial charge in [0.1, 0.15) is 0 Å². The van der Waals surface area contributed by atoms with Crippen LogP contribution in [-0.2, 0) is 19.1 Å². The molecular weight excluding hydrogens is 172 g/mol. The number of rotatable bonds is 2. The molecule has 0 unspecified atom stereocenters. The van der Waals surface area contributed by atoms with Crippen molar-refractivity contribution in [3.8, 4) is 0 Å². The highest BCUT2D eigenvalue weighted by atomic mass is 16.5. The van der Waals surface area contributed by atoms with Crippen molar-refractivity contribution < 1.29 is 19.1 Å². The molecule has 0 atom stereocenters. The second-order valence-corrected chi connectivity index (χ2v) is 2.98. The number of hydrogen-bond acceptors (Lipinski definition) is 4. The van der Waals surface area contributed by atoms with Gasteiger partial charge in [-0.05, 0) is 25.0 Å².